The molecule has 3 heteroatoms. The Morgan fingerprint density at radius 1 is 1.45 bits per heavy atom. The Balaban J connectivity index is 2.14. The Hall–Kier alpha value is -0.930. The van der Waals surface area contributed by atoms with E-state index in [0.29, 0.717) is 0 Å². The Morgan fingerprint density at radius 2 is 2.25 bits per heavy atom. The molecule has 1 N–H and O–H groups in total. The largest absolute Gasteiger partial charge is 0.374 e. The number of rotatable bonds is 6. The molecule has 1 aromatic carbocycles. The maximum Gasteiger partial charge on any atom is 0.123 e. The fraction of sp³-hybridized carbons (Fsp3) is 0.647. The molecule has 1 fully saturated rings. The van der Waals surface area contributed by atoms with Crippen molar-refractivity contribution in [1.29, 1.82) is 0 Å². The van der Waals surface area contributed by atoms with E-state index in [1.54, 1.807) is 12.1 Å². The average molecular weight is 279 g/mol. The van der Waals surface area contributed by atoms with Crippen LogP contribution < -0.4 is 5.32 Å². The Kier molecular flexibility index (Phi) is 5.17. The monoisotopic (exact) mass is 279 g/mol. The second kappa shape index (κ2) is 6.68. The molecule has 2 rings (SSSR count). The van der Waals surface area contributed by atoms with Gasteiger partial charge >= 0.3 is 0 Å². The zero-order valence-electron chi connectivity index (χ0n) is 12.8. The van der Waals surface area contributed by atoms with Crippen molar-refractivity contribution in [3.05, 3.63) is 35.1 Å². The molecule has 0 aliphatic carbocycles. The van der Waals surface area contributed by atoms with E-state index >= 15 is 0 Å². The van der Waals surface area contributed by atoms with E-state index in [1.807, 2.05) is 13.0 Å². The number of hydrogen-bond donors (Lipinski definition) is 1. The molecule has 0 radical (unpaired) electrons. The third kappa shape index (κ3) is 3.58. The fourth-order valence-electron chi connectivity index (χ4n) is 3.01. The molecular weight excluding hydrogens is 253 g/mol. The molecule has 1 aliphatic rings. The molecule has 0 saturated carbocycles. The van der Waals surface area contributed by atoms with Crippen LogP contribution in [0.15, 0.2) is 18.2 Å². The topological polar surface area (TPSA) is 21.3 Å². The van der Waals surface area contributed by atoms with Crippen molar-refractivity contribution in [3.63, 3.8) is 0 Å². The summed E-state index contributed by atoms with van der Waals surface area (Å²) in [7, 11) is 0. The van der Waals surface area contributed by atoms with Crippen LogP contribution in [0.2, 0.25) is 0 Å². The molecule has 2 unspecified atom stereocenters. The predicted octanol–water partition coefficient (Wildman–Crippen LogP) is 3.61. The number of aryl methyl sites for hydroxylation is 1. The van der Waals surface area contributed by atoms with Crippen LogP contribution in [0.25, 0.3) is 0 Å². The highest BCUT2D eigenvalue weighted by atomic mass is 19.1. The quantitative estimate of drug-likeness (QED) is 0.859. The molecule has 112 valence electrons. The van der Waals surface area contributed by atoms with Gasteiger partial charge in [-0.2, -0.15) is 0 Å². The van der Waals surface area contributed by atoms with E-state index in [9.17, 15) is 4.39 Å². The van der Waals surface area contributed by atoms with Gasteiger partial charge in [0.2, 0.25) is 0 Å². The lowest BCUT2D eigenvalue weighted by Gasteiger charge is -2.34. The SMILES string of the molecule is CCCNC(Cc1ccc(F)cc1C)C1(C)CCCO1. The number of benzene rings is 1. The van der Waals surface area contributed by atoms with Crippen molar-refractivity contribution < 1.29 is 9.13 Å². The van der Waals surface area contributed by atoms with Gasteiger partial charge in [0, 0.05) is 12.6 Å². The van der Waals surface area contributed by atoms with Gasteiger partial charge in [0.1, 0.15) is 5.82 Å². The summed E-state index contributed by atoms with van der Waals surface area (Å²) in [6.45, 7) is 8.19. The number of hydrogen-bond acceptors (Lipinski definition) is 2. The molecule has 0 aromatic heterocycles. The number of ether oxygens (including phenoxy) is 1. The summed E-state index contributed by atoms with van der Waals surface area (Å²) in [5, 5.41) is 3.62. The van der Waals surface area contributed by atoms with Crippen LogP contribution in [0, 0.1) is 12.7 Å². The van der Waals surface area contributed by atoms with Gasteiger partial charge in [-0.3, -0.25) is 0 Å². The Labute approximate surface area is 121 Å². The van der Waals surface area contributed by atoms with E-state index < -0.39 is 0 Å². The van der Waals surface area contributed by atoms with E-state index in [4.69, 9.17) is 4.74 Å². The third-order valence-electron chi connectivity index (χ3n) is 4.36. The zero-order chi connectivity index (χ0) is 14.6. The Bertz CT molecular complexity index is 441. The summed E-state index contributed by atoms with van der Waals surface area (Å²) < 4.78 is 19.2. The molecule has 1 heterocycles. The third-order valence-corrected chi connectivity index (χ3v) is 4.36. The maximum atomic E-state index is 13.2. The summed E-state index contributed by atoms with van der Waals surface area (Å²) in [5.74, 6) is -0.160. The highest BCUT2D eigenvalue weighted by Gasteiger charge is 2.38. The molecular formula is C17H26FNO. The average Bonchev–Trinajstić information content (AvgIpc) is 2.84. The summed E-state index contributed by atoms with van der Waals surface area (Å²) >= 11 is 0. The summed E-state index contributed by atoms with van der Waals surface area (Å²) in [6, 6.07) is 5.36. The van der Waals surface area contributed by atoms with Crippen molar-refractivity contribution >= 4 is 0 Å². The molecule has 1 aliphatic heterocycles. The first-order chi connectivity index (χ1) is 9.55. The first-order valence-electron chi connectivity index (χ1n) is 7.67. The van der Waals surface area contributed by atoms with E-state index in [0.717, 1.165) is 44.4 Å². The normalized spacial score (nSPS) is 24.0. The van der Waals surface area contributed by atoms with Gasteiger partial charge < -0.3 is 10.1 Å². The van der Waals surface area contributed by atoms with Crippen molar-refractivity contribution in [2.45, 2.75) is 58.1 Å². The highest BCUT2D eigenvalue weighted by Crippen LogP contribution is 2.31. The first kappa shape index (κ1) is 15.5. The zero-order valence-corrected chi connectivity index (χ0v) is 12.8. The molecule has 0 amide bonds. The van der Waals surface area contributed by atoms with Crippen molar-refractivity contribution in [2.75, 3.05) is 13.2 Å². The minimum atomic E-state index is -0.160. The van der Waals surface area contributed by atoms with Gasteiger partial charge in [0.05, 0.1) is 5.60 Å². The second-order valence-electron chi connectivity index (χ2n) is 6.05. The van der Waals surface area contributed by atoms with Crippen molar-refractivity contribution in [1.82, 2.24) is 5.32 Å². The summed E-state index contributed by atoms with van der Waals surface area (Å²) in [6.07, 6.45) is 4.22. The van der Waals surface area contributed by atoms with Gasteiger partial charge in [0.15, 0.2) is 0 Å². The van der Waals surface area contributed by atoms with Crippen LogP contribution in [-0.4, -0.2) is 24.8 Å². The van der Waals surface area contributed by atoms with Gasteiger partial charge in [-0.15, -0.1) is 0 Å². The van der Waals surface area contributed by atoms with Crippen LogP contribution in [0.3, 0.4) is 0 Å². The Morgan fingerprint density at radius 3 is 2.85 bits per heavy atom. The second-order valence-corrected chi connectivity index (χ2v) is 6.05. The smallest absolute Gasteiger partial charge is 0.123 e. The van der Waals surface area contributed by atoms with Crippen LogP contribution >= 0.6 is 0 Å². The molecule has 1 saturated heterocycles. The summed E-state index contributed by atoms with van der Waals surface area (Å²) in [4.78, 5) is 0. The lowest BCUT2D eigenvalue weighted by molar-refractivity contribution is -0.0114. The van der Waals surface area contributed by atoms with Gasteiger partial charge in [-0.1, -0.05) is 13.0 Å². The first-order valence-corrected chi connectivity index (χ1v) is 7.67. The maximum absolute atomic E-state index is 13.2. The van der Waals surface area contributed by atoms with E-state index in [-0.39, 0.29) is 17.5 Å². The molecule has 20 heavy (non-hydrogen) atoms. The van der Waals surface area contributed by atoms with Crippen molar-refractivity contribution in [3.8, 4) is 0 Å². The minimum absolute atomic E-state index is 0.101. The minimum Gasteiger partial charge on any atom is -0.374 e. The molecule has 0 bridgehead atoms. The highest BCUT2D eigenvalue weighted by molar-refractivity contribution is 5.28. The lowest BCUT2D eigenvalue weighted by atomic mass is 9.87. The predicted molar refractivity (Wildman–Crippen MR) is 80.5 cm³/mol. The van der Waals surface area contributed by atoms with Crippen LogP contribution in [0.4, 0.5) is 4.39 Å². The van der Waals surface area contributed by atoms with Gasteiger partial charge in [-0.05, 0) is 69.3 Å². The molecule has 2 nitrogen and oxygen atoms in total. The number of halogens is 1. The van der Waals surface area contributed by atoms with Gasteiger partial charge in [-0.25, -0.2) is 4.39 Å². The standard InChI is InChI=1S/C17H26FNO/c1-4-9-19-16(17(3)8-5-10-20-17)12-14-6-7-15(18)11-13(14)2/h6-7,11,16,19H,4-5,8-10,12H2,1-3H3. The molecule has 1 aromatic rings. The van der Waals surface area contributed by atoms with Crippen LogP contribution in [0.1, 0.15) is 44.2 Å². The molecule has 2 atom stereocenters. The molecule has 0 spiro atoms. The van der Waals surface area contributed by atoms with Crippen LogP contribution in [-0.2, 0) is 11.2 Å². The van der Waals surface area contributed by atoms with Crippen LogP contribution in [0.5, 0.6) is 0 Å². The summed E-state index contributed by atoms with van der Waals surface area (Å²) in [5.41, 5.74) is 2.13. The van der Waals surface area contributed by atoms with E-state index in [2.05, 4.69) is 19.2 Å². The van der Waals surface area contributed by atoms with E-state index in [1.165, 1.54) is 5.56 Å². The van der Waals surface area contributed by atoms with Crippen molar-refractivity contribution in [2.24, 2.45) is 0 Å². The lowest BCUT2D eigenvalue weighted by Crippen LogP contribution is -2.50. The fourth-order valence-corrected chi connectivity index (χ4v) is 3.01. The van der Waals surface area contributed by atoms with Gasteiger partial charge in [0.25, 0.3) is 0 Å². The number of nitrogens with one attached hydrogen (secondary N) is 1.